The first kappa shape index (κ1) is 24.5. The summed E-state index contributed by atoms with van der Waals surface area (Å²) < 4.78 is 13.2. The Hall–Kier alpha value is -3.59. The van der Waals surface area contributed by atoms with Crippen LogP contribution in [-0.2, 0) is 22.7 Å². The van der Waals surface area contributed by atoms with Gasteiger partial charge in [-0.3, -0.25) is 9.59 Å². The molecule has 9 heteroatoms. The fourth-order valence-corrected chi connectivity index (χ4v) is 4.54. The van der Waals surface area contributed by atoms with Gasteiger partial charge in [-0.2, -0.15) is 0 Å². The van der Waals surface area contributed by atoms with Gasteiger partial charge in [0, 0.05) is 52.5 Å². The van der Waals surface area contributed by atoms with Crippen molar-refractivity contribution >= 4 is 17.5 Å². The molecule has 0 saturated carbocycles. The highest BCUT2D eigenvalue weighted by Crippen LogP contribution is 2.37. The Labute approximate surface area is 204 Å². The zero-order valence-corrected chi connectivity index (χ0v) is 20.2. The summed E-state index contributed by atoms with van der Waals surface area (Å²) in [4.78, 5) is 31.5. The summed E-state index contributed by atoms with van der Waals surface area (Å²) in [5.41, 5.74) is 1.38. The minimum atomic E-state index is -1.53. The fraction of sp³-hybridized carbons (Fsp3) is 0.385. The van der Waals surface area contributed by atoms with Crippen LogP contribution in [0.5, 0.6) is 0 Å². The number of carbonyl (C=O) groups is 2. The molecule has 0 aliphatic carbocycles. The van der Waals surface area contributed by atoms with Gasteiger partial charge in [0.25, 0.3) is 5.91 Å². The lowest BCUT2D eigenvalue weighted by Gasteiger charge is -2.47. The fourth-order valence-electron chi connectivity index (χ4n) is 4.54. The number of amides is 2. The highest BCUT2D eigenvalue weighted by atomic mass is 19.1. The van der Waals surface area contributed by atoms with E-state index in [2.05, 4.69) is 5.32 Å². The van der Waals surface area contributed by atoms with Crippen molar-refractivity contribution < 1.29 is 24.2 Å². The van der Waals surface area contributed by atoms with Crippen molar-refractivity contribution in [3.63, 3.8) is 0 Å². The predicted molar refractivity (Wildman–Crippen MR) is 130 cm³/mol. The van der Waals surface area contributed by atoms with Crippen molar-refractivity contribution in [1.29, 1.82) is 0 Å². The zero-order chi connectivity index (χ0) is 25.3. The van der Waals surface area contributed by atoms with Crippen LogP contribution in [0.3, 0.4) is 0 Å². The lowest BCUT2D eigenvalue weighted by Crippen LogP contribution is -2.61. The summed E-state index contributed by atoms with van der Waals surface area (Å²) in [6.07, 6.45) is -1.53. The quantitative estimate of drug-likeness (QED) is 0.583. The molecule has 2 amide bonds. The minimum Gasteiger partial charge on any atom is -0.507 e. The smallest absolute Gasteiger partial charge is 0.274 e. The number of carbonyl (C=O) groups excluding carboxylic acids is 2. The molecule has 2 heterocycles. The predicted octanol–water partition coefficient (Wildman–Crippen LogP) is 2.00. The Morgan fingerprint density at radius 2 is 1.74 bits per heavy atom. The van der Waals surface area contributed by atoms with Gasteiger partial charge in [-0.1, -0.05) is 24.3 Å². The van der Waals surface area contributed by atoms with Crippen molar-refractivity contribution in [3.05, 3.63) is 76.9 Å². The molecule has 2 aromatic rings. The van der Waals surface area contributed by atoms with Crippen molar-refractivity contribution in [3.8, 4) is 0 Å². The third kappa shape index (κ3) is 4.81. The molecule has 2 unspecified atom stereocenters. The third-order valence-electron chi connectivity index (χ3n) is 6.78. The maximum atomic E-state index is 13.2. The molecule has 8 nitrogen and oxygen atoms in total. The summed E-state index contributed by atoms with van der Waals surface area (Å²) in [5.74, 6) is -1.70. The van der Waals surface area contributed by atoms with E-state index in [1.54, 1.807) is 28.9 Å². The molecule has 35 heavy (non-hydrogen) atoms. The summed E-state index contributed by atoms with van der Waals surface area (Å²) in [7, 11) is 3.90. The number of benzene rings is 2. The van der Waals surface area contributed by atoms with Gasteiger partial charge in [-0.05, 0) is 42.3 Å². The van der Waals surface area contributed by atoms with E-state index in [9.17, 15) is 24.2 Å². The van der Waals surface area contributed by atoms with Crippen LogP contribution >= 0.6 is 0 Å². The minimum absolute atomic E-state index is 0.00964. The molecule has 186 valence electrons. The Morgan fingerprint density at radius 1 is 1.11 bits per heavy atom. The van der Waals surface area contributed by atoms with E-state index < -0.39 is 29.1 Å². The lowest BCUT2D eigenvalue weighted by atomic mass is 9.77. The molecule has 2 aromatic carbocycles. The zero-order valence-electron chi connectivity index (χ0n) is 20.2. The Balaban J connectivity index is 1.46. The van der Waals surface area contributed by atoms with Crippen LogP contribution in [0.1, 0.15) is 18.1 Å². The maximum Gasteiger partial charge on any atom is 0.274 e. The van der Waals surface area contributed by atoms with Crippen LogP contribution in [-0.4, -0.2) is 71.7 Å². The second-order valence-electron chi connectivity index (χ2n) is 9.57. The van der Waals surface area contributed by atoms with Crippen LogP contribution in [0.15, 0.2) is 60.0 Å². The normalized spacial score (nSPS) is 22.2. The number of aliphatic hydroxyl groups excluding tert-OH is 2. The number of rotatable bonds is 6. The number of hydrogen-bond donors (Lipinski definition) is 3. The number of fused-ring (bicyclic) bond motifs is 1. The summed E-state index contributed by atoms with van der Waals surface area (Å²) >= 11 is 0. The largest absolute Gasteiger partial charge is 0.507 e. The standard InChI is InChI=1S/C26H31FN4O4/c1-26(25(35)28-14-17-6-10-20(11-7-17)29(2)3)16-31-13-12-30(15-18-4-8-19(27)9-5-18)24(34)21(31)22(32)23(26)33/h4-11,23,32-33H,12-16H2,1-3H3,(H,28,35). The highest BCUT2D eigenvalue weighted by Gasteiger charge is 2.51. The van der Waals surface area contributed by atoms with Crippen molar-refractivity contribution in [2.24, 2.45) is 5.41 Å². The van der Waals surface area contributed by atoms with Gasteiger partial charge in [0.05, 0.1) is 5.41 Å². The van der Waals surface area contributed by atoms with E-state index in [-0.39, 0.29) is 31.1 Å². The molecule has 0 spiro atoms. The van der Waals surface area contributed by atoms with Gasteiger partial charge >= 0.3 is 0 Å². The molecule has 0 radical (unpaired) electrons. The molecule has 2 aliphatic heterocycles. The van der Waals surface area contributed by atoms with E-state index in [0.717, 1.165) is 16.8 Å². The molecule has 2 atom stereocenters. The topological polar surface area (TPSA) is 96.4 Å². The summed E-state index contributed by atoms with van der Waals surface area (Å²) in [6.45, 7) is 2.98. The number of nitrogens with one attached hydrogen (secondary N) is 1. The molecule has 1 saturated heterocycles. The van der Waals surface area contributed by atoms with E-state index in [1.807, 2.05) is 43.3 Å². The van der Waals surface area contributed by atoms with Crippen molar-refractivity contribution in [2.75, 3.05) is 38.6 Å². The Kier molecular flexibility index (Phi) is 6.71. The SMILES string of the molecule is CN(C)c1ccc(CNC(=O)C2(C)CN3CCN(Cc4ccc(F)cc4)C(=O)C3=C(O)C2O)cc1. The van der Waals surface area contributed by atoms with Gasteiger partial charge in [0.1, 0.15) is 17.6 Å². The van der Waals surface area contributed by atoms with E-state index >= 15 is 0 Å². The molecular formula is C26H31FN4O4. The van der Waals surface area contributed by atoms with Gasteiger partial charge in [0.2, 0.25) is 5.91 Å². The van der Waals surface area contributed by atoms with Crippen LogP contribution in [0, 0.1) is 11.2 Å². The molecule has 2 aliphatic rings. The number of piperazine rings is 1. The number of anilines is 1. The lowest BCUT2D eigenvalue weighted by molar-refractivity contribution is -0.145. The molecule has 0 aromatic heterocycles. The van der Waals surface area contributed by atoms with E-state index in [0.29, 0.717) is 13.1 Å². The number of halogens is 1. The Bertz CT molecular complexity index is 1130. The van der Waals surface area contributed by atoms with Gasteiger partial charge in [-0.15, -0.1) is 0 Å². The van der Waals surface area contributed by atoms with Crippen LogP contribution in [0.2, 0.25) is 0 Å². The van der Waals surface area contributed by atoms with E-state index in [4.69, 9.17) is 0 Å². The molecular weight excluding hydrogens is 451 g/mol. The van der Waals surface area contributed by atoms with Gasteiger partial charge in [-0.25, -0.2) is 4.39 Å². The average Bonchev–Trinajstić information content (AvgIpc) is 2.84. The highest BCUT2D eigenvalue weighted by molar-refractivity contribution is 5.95. The van der Waals surface area contributed by atoms with Crippen molar-refractivity contribution in [1.82, 2.24) is 15.1 Å². The first-order valence-corrected chi connectivity index (χ1v) is 11.5. The first-order chi connectivity index (χ1) is 16.6. The average molecular weight is 483 g/mol. The summed E-state index contributed by atoms with van der Waals surface area (Å²) in [5, 5.41) is 24.6. The molecule has 0 bridgehead atoms. The number of hydrogen-bond acceptors (Lipinski definition) is 6. The number of nitrogens with zero attached hydrogens (tertiary/aromatic N) is 3. The second kappa shape index (κ2) is 9.58. The summed E-state index contributed by atoms with van der Waals surface area (Å²) in [6, 6.07) is 13.6. The molecule has 3 N–H and O–H groups in total. The van der Waals surface area contributed by atoms with Crippen LogP contribution in [0.4, 0.5) is 10.1 Å². The van der Waals surface area contributed by atoms with Gasteiger partial charge in [0.15, 0.2) is 5.76 Å². The first-order valence-electron chi connectivity index (χ1n) is 11.5. The van der Waals surface area contributed by atoms with Crippen molar-refractivity contribution in [2.45, 2.75) is 26.1 Å². The van der Waals surface area contributed by atoms with Gasteiger partial charge < -0.3 is 30.2 Å². The molecule has 1 fully saturated rings. The monoisotopic (exact) mass is 482 g/mol. The third-order valence-corrected chi connectivity index (χ3v) is 6.78. The number of aliphatic hydroxyl groups is 2. The second-order valence-corrected chi connectivity index (χ2v) is 9.57. The molecule has 4 rings (SSSR count). The maximum absolute atomic E-state index is 13.2. The van der Waals surface area contributed by atoms with Crippen LogP contribution < -0.4 is 10.2 Å². The van der Waals surface area contributed by atoms with E-state index in [1.165, 1.54) is 12.1 Å². The van der Waals surface area contributed by atoms with Crippen LogP contribution in [0.25, 0.3) is 0 Å². The Morgan fingerprint density at radius 3 is 2.37 bits per heavy atom.